The summed E-state index contributed by atoms with van der Waals surface area (Å²) in [6, 6.07) is 15.9. The first-order valence-corrected chi connectivity index (χ1v) is 12.2. The molecule has 2 aliphatic heterocycles. The second-order valence-corrected chi connectivity index (χ2v) is 12.7. The molecule has 0 saturated carbocycles. The van der Waals surface area contributed by atoms with Crippen LogP contribution in [-0.2, 0) is 16.2 Å². The fraction of sp³-hybridized carbons (Fsp3) is 0.400. The van der Waals surface area contributed by atoms with Crippen LogP contribution in [0.1, 0.15) is 77.1 Å². The van der Waals surface area contributed by atoms with Gasteiger partial charge in [-0.3, -0.25) is 0 Å². The van der Waals surface area contributed by atoms with Gasteiger partial charge in [0.05, 0.1) is 0 Å². The minimum Gasteiger partial charge on any atom is -0.458 e. The quantitative estimate of drug-likeness (QED) is 0.278. The van der Waals surface area contributed by atoms with Gasteiger partial charge in [-0.1, -0.05) is 66.7 Å². The van der Waals surface area contributed by atoms with Crippen LogP contribution >= 0.6 is 0 Å². The summed E-state index contributed by atoms with van der Waals surface area (Å²) < 4.78 is 13.1. The van der Waals surface area contributed by atoms with Crippen LogP contribution < -0.4 is 25.9 Å². The van der Waals surface area contributed by atoms with Gasteiger partial charge in [0.1, 0.15) is 23.0 Å². The van der Waals surface area contributed by atoms with Crippen LogP contribution in [0, 0.1) is 6.92 Å². The molecular formula is C30H33BO2. The Labute approximate surface area is 198 Å². The van der Waals surface area contributed by atoms with E-state index in [-0.39, 0.29) is 23.0 Å². The molecule has 3 aromatic carbocycles. The summed E-state index contributed by atoms with van der Waals surface area (Å²) >= 11 is 0. The summed E-state index contributed by atoms with van der Waals surface area (Å²) in [5, 5.41) is 0. The molecule has 0 fully saturated rings. The molecular weight excluding hydrogens is 403 g/mol. The van der Waals surface area contributed by atoms with Gasteiger partial charge in [0, 0.05) is 5.46 Å². The van der Waals surface area contributed by atoms with Crippen molar-refractivity contribution in [1.29, 1.82) is 0 Å². The Morgan fingerprint density at radius 3 is 1.94 bits per heavy atom. The average Bonchev–Trinajstić information content (AvgIpc) is 2.88. The van der Waals surface area contributed by atoms with Gasteiger partial charge in [-0.05, 0) is 87.0 Å². The van der Waals surface area contributed by atoms with E-state index < -0.39 is 0 Å². The monoisotopic (exact) mass is 436 g/mol. The van der Waals surface area contributed by atoms with Crippen LogP contribution in [0.4, 0.5) is 0 Å². The number of ether oxygens (including phenoxy) is 2. The maximum absolute atomic E-state index is 6.62. The number of fused-ring (bicyclic) bond motifs is 5. The minimum absolute atomic E-state index is 0.0728. The Morgan fingerprint density at radius 1 is 0.727 bits per heavy atom. The first-order valence-electron chi connectivity index (χ1n) is 12.2. The standard InChI is InChI=1S/C30H33BO2/c1-17-11-25-27-26(12-17)33-24-15-20-19(29(5,6)16-30(20,7)8)14-22(24)31(27)21-13-18(28(2,3)4)9-10-23(21)32-25/h9-15H,16H2,1-8H3. The van der Waals surface area contributed by atoms with Gasteiger partial charge in [-0.25, -0.2) is 0 Å². The third-order valence-corrected chi connectivity index (χ3v) is 7.97. The molecule has 6 rings (SSSR count). The molecule has 0 unspecified atom stereocenters. The van der Waals surface area contributed by atoms with Gasteiger partial charge in [0.15, 0.2) is 0 Å². The molecule has 0 saturated heterocycles. The van der Waals surface area contributed by atoms with Crippen molar-refractivity contribution in [2.24, 2.45) is 0 Å². The lowest BCUT2D eigenvalue weighted by Crippen LogP contribution is -2.57. The molecule has 0 N–H and O–H groups in total. The zero-order valence-electron chi connectivity index (χ0n) is 21.1. The zero-order valence-corrected chi connectivity index (χ0v) is 21.1. The van der Waals surface area contributed by atoms with E-state index in [0.29, 0.717) is 0 Å². The smallest absolute Gasteiger partial charge is 0.260 e. The lowest BCUT2D eigenvalue weighted by molar-refractivity contribution is 0.402. The van der Waals surface area contributed by atoms with E-state index in [4.69, 9.17) is 9.47 Å². The third kappa shape index (κ3) is 2.94. The van der Waals surface area contributed by atoms with Crippen molar-refractivity contribution >= 4 is 23.1 Å². The normalized spacial score (nSPS) is 18.5. The predicted molar refractivity (Wildman–Crippen MR) is 138 cm³/mol. The van der Waals surface area contributed by atoms with Gasteiger partial charge >= 0.3 is 0 Å². The van der Waals surface area contributed by atoms with Crippen molar-refractivity contribution in [2.75, 3.05) is 0 Å². The Balaban J connectivity index is 1.65. The Hall–Kier alpha value is -2.68. The fourth-order valence-corrected chi connectivity index (χ4v) is 6.56. The van der Waals surface area contributed by atoms with Gasteiger partial charge in [-0.15, -0.1) is 0 Å². The minimum atomic E-state index is 0.0728. The Morgan fingerprint density at radius 2 is 1.30 bits per heavy atom. The molecule has 3 aliphatic rings. The Bertz CT molecular complexity index is 1340. The van der Waals surface area contributed by atoms with Crippen LogP contribution in [-0.4, -0.2) is 6.71 Å². The van der Waals surface area contributed by atoms with Crippen molar-refractivity contribution < 1.29 is 9.47 Å². The zero-order chi connectivity index (χ0) is 23.5. The molecule has 3 aromatic rings. The van der Waals surface area contributed by atoms with Crippen molar-refractivity contribution in [1.82, 2.24) is 0 Å². The third-order valence-electron chi connectivity index (χ3n) is 7.97. The number of benzene rings is 3. The first-order chi connectivity index (χ1) is 15.3. The lowest BCUT2D eigenvalue weighted by atomic mass is 9.34. The molecule has 168 valence electrons. The van der Waals surface area contributed by atoms with Crippen LogP contribution in [0.15, 0.2) is 42.5 Å². The fourth-order valence-electron chi connectivity index (χ4n) is 6.56. The first kappa shape index (κ1) is 20.9. The van der Waals surface area contributed by atoms with Crippen LogP contribution in [0.2, 0.25) is 0 Å². The number of hydrogen-bond donors (Lipinski definition) is 0. The maximum Gasteiger partial charge on any atom is 0.260 e. The van der Waals surface area contributed by atoms with E-state index in [2.05, 4.69) is 97.9 Å². The molecule has 3 heteroatoms. The molecule has 1 aliphatic carbocycles. The summed E-state index contributed by atoms with van der Waals surface area (Å²) in [6.07, 6.45) is 1.15. The molecule has 2 heterocycles. The molecule has 0 bridgehead atoms. The summed E-state index contributed by atoms with van der Waals surface area (Å²) in [7, 11) is 0. The van der Waals surface area contributed by atoms with Crippen molar-refractivity contribution in [3.05, 3.63) is 64.7 Å². The maximum atomic E-state index is 6.62. The molecule has 2 nitrogen and oxygen atoms in total. The second-order valence-electron chi connectivity index (χ2n) is 12.7. The highest BCUT2D eigenvalue weighted by atomic mass is 16.5. The average molecular weight is 436 g/mol. The van der Waals surface area contributed by atoms with Crippen LogP contribution in [0.5, 0.6) is 23.0 Å². The molecule has 0 radical (unpaired) electrons. The van der Waals surface area contributed by atoms with E-state index in [1.165, 1.54) is 33.1 Å². The largest absolute Gasteiger partial charge is 0.458 e. The second kappa shape index (κ2) is 6.26. The highest BCUT2D eigenvalue weighted by Gasteiger charge is 2.46. The van der Waals surface area contributed by atoms with Crippen molar-refractivity contribution in [2.45, 2.75) is 78.1 Å². The molecule has 0 aromatic heterocycles. The number of rotatable bonds is 0. The van der Waals surface area contributed by atoms with Gasteiger partial charge < -0.3 is 9.47 Å². The Kier molecular flexibility index (Phi) is 3.96. The van der Waals surface area contributed by atoms with E-state index in [1.807, 2.05) is 0 Å². The van der Waals surface area contributed by atoms with Crippen molar-refractivity contribution in [3.63, 3.8) is 0 Å². The number of aryl methyl sites for hydroxylation is 1. The van der Waals surface area contributed by atoms with Gasteiger partial charge in [-0.2, -0.15) is 0 Å². The van der Waals surface area contributed by atoms with Gasteiger partial charge in [0.25, 0.3) is 6.71 Å². The topological polar surface area (TPSA) is 18.5 Å². The highest BCUT2D eigenvalue weighted by Crippen LogP contribution is 2.50. The molecule has 0 amide bonds. The molecule has 0 spiro atoms. The highest BCUT2D eigenvalue weighted by molar-refractivity contribution is 6.98. The molecule has 0 atom stereocenters. The number of hydrogen-bond acceptors (Lipinski definition) is 2. The summed E-state index contributed by atoms with van der Waals surface area (Å²) in [5.74, 6) is 3.83. The summed E-state index contributed by atoms with van der Waals surface area (Å²) in [6.45, 7) is 18.6. The van der Waals surface area contributed by atoms with E-state index >= 15 is 0 Å². The van der Waals surface area contributed by atoms with Gasteiger partial charge in [0.2, 0.25) is 0 Å². The SMILES string of the molecule is Cc1cc2c3c(c1)Oc1cc4c(cc1B3c1cc(C(C)(C)C)ccc1O2)C(C)(C)CC4(C)C. The van der Waals surface area contributed by atoms with Crippen LogP contribution in [0.25, 0.3) is 0 Å². The van der Waals surface area contributed by atoms with E-state index in [0.717, 1.165) is 35.0 Å². The van der Waals surface area contributed by atoms with Crippen LogP contribution in [0.3, 0.4) is 0 Å². The molecule has 33 heavy (non-hydrogen) atoms. The van der Waals surface area contributed by atoms with E-state index in [9.17, 15) is 0 Å². The lowest BCUT2D eigenvalue weighted by Gasteiger charge is -2.35. The van der Waals surface area contributed by atoms with Crippen molar-refractivity contribution in [3.8, 4) is 23.0 Å². The predicted octanol–water partition coefficient (Wildman–Crippen LogP) is 5.98. The summed E-state index contributed by atoms with van der Waals surface area (Å²) in [5.41, 5.74) is 9.43. The van der Waals surface area contributed by atoms with E-state index in [1.54, 1.807) is 0 Å². The summed E-state index contributed by atoms with van der Waals surface area (Å²) in [4.78, 5) is 0.